The molecule has 6 nitrogen and oxygen atoms in total. The van der Waals surface area contributed by atoms with Crippen molar-refractivity contribution in [2.24, 2.45) is 4.99 Å². The Balaban J connectivity index is 1.73. The number of hydrogen-bond acceptors (Lipinski definition) is 5. The average molecular weight is 340 g/mol. The molecule has 0 radical (unpaired) electrons. The normalized spacial score (nSPS) is 11.0. The van der Waals surface area contributed by atoms with Gasteiger partial charge in [0.25, 0.3) is 0 Å². The van der Waals surface area contributed by atoms with E-state index >= 15 is 0 Å². The number of H-pyrrole nitrogens is 1. The molecule has 1 aromatic heterocycles. The van der Waals surface area contributed by atoms with E-state index in [0.717, 1.165) is 11.1 Å². The quantitative estimate of drug-likeness (QED) is 0.666. The first-order chi connectivity index (χ1) is 12.2. The highest BCUT2D eigenvalue weighted by atomic mass is 19.1. The van der Waals surface area contributed by atoms with Crippen LogP contribution in [0.2, 0.25) is 0 Å². The van der Waals surface area contributed by atoms with Gasteiger partial charge < -0.3 is 9.47 Å². The minimum absolute atomic E-state index is 0.269. The molecule has 0 saturated heterocycles. The Morgan fingerprint density at radius 1 is 1.12 bits per heavy atom. The lowest BCUT2D eigenvalue weighted by atomic mass is 10.2. The second-order valence-electron chi connectivity index (χ2n) is 5.12. The molecule has 0 atom stereocenters. The Morgan fingerprint density at radius 2 is 1.96 bits per heavy atom. The number of hydrogen-bond donors (Lipinski definition) is 1. The molecule has 0 fully saturated rings. The summed E-state index contributed by atoms with van der Waals surface area (Å²) in [6.45, 7) is 2.74. The van der Waals surface area contributed by atoms with E-state index in [1.165, 1.54) is 18.5 Å². The van der Waals surface area contributed by atoms with Crippen molar-refractivity contribution < 1.29 is 13.9 Å². The number of aromatic nitrogens is 3. The lowest BCUT2D eigenvalue weighted by Crippen LogP contribution is -2.00. The molecule has 25 heavy (non-hydrogen) atoms. The van der Waals surface area contributed by atoms with E-state index in [1.807, 2.05) is 25.1 Å². The van der Waals surface area contributed by atoms with E-state index in [2.05, 4.69) is 20.2 Å². The molecule has 3 aromatic rings. The number of aliphatic imine (C=N–C) groups is 1. The van der Waals surface area contributed by atoms with Gasteiger partial charge in [-0.2, -0.15) is 10.1 Å². The van der Waals surface area contributed by atoms with Gasteiger partial charge in [0, 0.05) is 6.21 Å². The van der Waals surface area contributed by atoms with Crippen LogP contribution in [0.1, 0.15) is 18.1 Å². The number of aromatic amines is 1. The first kappa shape index (κ1) is 16.6. The molecule has 0 spiro atoms. The summed E-state index contributed by atoms with van der Waals surface area (Å²) in [5, 5.41) is 6.40. The molecule has 3 rings (SSSR count). The predicted octanol–water partition coefficient (Wildman–Crippen LogP) is 3.67. The Labute approximate surface area is 144 Å². The smallest absolute Gasteiger partial charge is 0.245 e. The Kier molecular flexibility index (Phi) is 5.36. The number of rotatable bonds is 7. The molecule has 128 valence electrons. The second-order valence-corrected chi connectivity index (χ2v) is 5.12. The molecule has 0 amide bonds. The van der Waals surface area contributed by atoms with Crippen LogP contribution >= 0.6 is 0 Å². The van der Waals surface area contributed by atoms with E-state index in [0.29, 0.717) is 30.7 Å². The van der Waals surface area contributed by atoms with Gasteiger partial charge in [0.15, 0.2) is 11.5 Å². The van der Waals surface area contributed by atoms with Gasteiger partial charge in [-0.1, -0.05) is 12.1 Å². The zero-order chi connectivity index (χ0) is 17.5. The molecule has 0 aliphatic heterocycles. The van der Waals surface area contributed by atoms with Crippen LogP contribution < -0.4 is 9.47 Å². The second kappa shape index (κ2) is 8.05. The summed E-state index contributed by atoms with van der Waals surface area (Å²) in [4.78, 5) is 8.11. The van der Waals surface area contributed by atoms with E-state index < -0.39 is 0 Å². The summed E-state index contributed by atoms with van der Waals surface area (Å²) in [5.74, 6) is 1.39. The van der Waals surface area contributed by atoms with Crippen LogP contribution in [0.3, 0.4) is 0 Å². The van der Waals surface area contributed by atoms with Crippen molar-refractivity contribution in [2.45, 2.75) is 13.5 Å². The van der Waals surface area contributed by atoms with Crippen LogP contribution in [0.15, 0.2) is 53.8 Å². The SMILES string of the molecule is CCOc1cc(C=Nc2ncn[nH]2)ccc1OCc1ccc(F)cc1. The fourth-order valence-corrected chi connectivity index (χ4v) is 2.13. The topological polar surface area (TPSA) is 72.4 Å². The molecule has 0 saturated carbocycles. The van der Waals surface area contributed by atoms with Crippen molar-refractivity contribution >= 4 is 12.2 Å². The van der Waals surface area contributed by atoms with Gasteiger partial charge in [-0.25, -0.2) is 14.5 Å². The third-order valence-electron chi connectivity index (χ3n) is 3.31. The monoisotopic (exact) mass is 340 g/mol. The highest BCUT2D eigenvalue weighted by molar-refractivity contribution is 5.82. The summed E-state index contributed by atoms with van der Waals surface area (Å²) in [7, 11) is 0. The van der Waals surface area contributed by atoms with Gasteiger partial charge in [0.1, 0.15) is 18.8 Å². The maximum atomic E-state index is 12.9. The van der Waals surface area contributed by atoms with Crippen LogP contribution in [0, 0.1) is 5.82 Å². The van der Waals surface area contributed by atoms with Crippen LogP contribution in [-0.4, -0.2) is 28.0 Å². The van der Waals surface area contributed by atoms with Crippen molar-refractivity contribution in [3.05, 3.63) is 65.7 Å². The molecular weight excluding hydrogens is 323 g/mol. The summed E-state index contributed by atoms with van der Waals surface area (Å²) < 4.78 is 24.4. The van der Waals surface area contributed by atoms with Gasteiger partial charge in [-0.15, -0.1) is 0 Å². The minimum atomic E-state index is -0.269. The van der Waals surface area contributed by atoms with Gasteiger partial charge in [-0.3, -0.25) is 0 Å². The zero-order valence-corrected chi connectivity index (χ0v) is 13.6. The third-order valence-corrected chi connectivity index (χ3v) is 3.31. The maximum absolute atomic E-state index is 12.9. The van der Waals surface area contributed by atoms with E-state index in [-0.39, 0.29) is 5.82 Å². The molecular formula is C18H17FN4O2. The van der Waals surface area contributed by atoms with Gasteiger partial charge in [0.2, 0.25) is 5.95 Å². The van der Waals surface area contributed by atoms with Crippen LogP contribution in [-0.2, 0) is 6.61 Å². The summed E-state index contributed by atoms with van der Waals surface area (Å²) in [6.07, 6.45) is 3.05. The van der Waals surface area contributed by atoms with Crippen molar-refractivity contribution in [1.82, 2.24) is 15.2 Å². The molecule has 0 aliphatic rings. The fourth-order valence-electron chi connectivity index (χ4n) is 2.13. The maximum Gasteiger partial charge on any atom is 0.245 e. The molecule has 7 heteroatoms. The zero-order valence-electron chi connectivity index (χ0n) is 13.6. The lowest BCUT2D eigenvalue weighted by Gasteiger charge is -2.12. The van der Waals surface area contributed by atoms with Crippen LogP contribution in [0.5, 0.6) is 11.5 Å². The highest BCUT2D eigenvalue weighted by Gasteiger charge is 2.07. The van der Waals surface area contributed by atoms with Crippen molar-refractivity contribution in [3.8, 4) is 11.5 Å². The number of ether oxygens (including phenoxy) is 2. The number of nitrogens with zero attached hydrogens (tertiary/aromatic N) is 3. The highest BCUT2D eigenvalue weighted by Crippen LogP contribution is 2.29. The van der Waals surface area contributed by atoms with Crippen LogP contribution in [0.4, 0.5) is 10.3 Å². The Bertz CT molecular complexity index is 833. The van der Waals surface area contributed by atoms with E-state index in [4.69, 9.17) is 9.47 Å². The lowest BCUT2D eigenvalue weighted by molar-refractivity contribution is 0.269. The number of benzene rings is 2. The van der Waals surface area contributed by atoms with Gasteiger partial charge >= 0.3 is 0 Å². The third kappa shape index (κ3) is 4.63. The average Bonchev–Trinajstić information content (AvgIpc) is 3.14. The largest absolute Gasteiger partial charge is 0.490 e. The molecule has 0 aliphatic carbocycles. The minimum Gasteiger partial charge on any atom is -0.490 e. The standard InChI is InChI=1S/C18H17FN4O2/c1-2-24-17-9-14(10-20-18-21-12-22-23-18)5-8-16(17)25-11-13-3-6-15(19)7-4-13/h3-10,12H,2,11H2,1H3,(H,21,22,23). The van der Waals surface area contributed by atoms with Crippen LogP contribution in [0.25, 0.3) is 0 Å². The first-order valence-electron chi connectivity index (χ1n) is 7.78. The Hall–Kier alpha value is -3.22. The summed E-state index contributed by atoms with van der Waals surface area (Å²) in [6, 6.07) is 11.7. The van der Waals surface area contributed by atoms with Crippen molar-refractivity contribution in [1.29, 1.82) is 0 Å². The van der Waals surface area contributed by atoms with Crippen molar-refractivity contribution in [3.63, 3.8) is 0 Å². The summed E-state index contributed by atoms with van der Waals surface area (Å²) in [5.41, 5.74) is 1.72. The summed E-state index contributed by atoms with van der Waals surface area (Å²) >= 11 is 0. The van der Waals surface area contributed by atoms with E-state index in [1.54, 1.807) is 18.3 Å². The van der Waals surface area contributed by atoms with Gasteiger partial charge in [0.05, 0.1) is 6.61 Å². The van der Waals surface area contributed by atoms with Gasteiger partial charge in [-0.05, 0) is 48.4 Å². The van der Waals surface area contributed by atoms with E-state index in [9.17, 15) is 4.39 Å². The fraction of sp³-hybridized carbons (Fsp3) is 0.167. The molecule has 2 aromatic carbocycles. The molecule has 0 unspecified atom stereocenters. The number of halogens is 1. The first-order valence-corrected chi connectivity index (χ1v) is 7.78. The molecule has 1 heterocycles. The number of nitrogens with one attached hydrogen (secondary N) is 1. The molecule has 0 bridgehead atoms. The predicted molar refractivity (Wildman–Crippen MR) is 92.0 cm³/mol. The van der Waals surface area contributed by atoms with Crippen molar-refractivity contribution in [2.75, 3.05) is 6.61 Å². The Morgan fingerprint density at radius 3 is 2.68 bits per heavy atom. The molecule has 1 N–H and O–H groups in total.